The molecule has 0 bridgehead atoms. The van der Waals surface area contributed by atoms with Crippen LogP contribution in [0.1, 0.15) is 55.2 Å². The topological polar surface area (TPSA) is 66.5 Å². The minimum Gasteiger partial charge on any atom is -0.354 e. The number of nitrogens with one attached hydrogen (secondary N) is 1. The zero-order valence-corrected chi connectivity index (χ0v) is 21.6. The van der Waals surface area contributed by atoms with Crippen LogP contribution >= 0.6 is 11.8 Å². The highest BCUT2D eigenvalue weighted by molar-refractivity contribution is 7.99. The summed E-state index contributed by atoms with van der Waals surface area (Å²) in [5.74, 6) is 0.736. The maximum Gasteiger partial charge on any atom is 0.264 e. The Hall–Kier alpha value is -1.99. The van der Waals surface area contributed by atoms with E-state index in [0.29, 0.717) is 12.2 Å². The van der Waals surface area contributed by atoms with Gasteiger partial charge in [-0.15, -0.1) is 0 Å². The highest BCUT2D eigenvalue weighted by Crippen LogP contribution is 2.28. The van der Waals surface area contributed by atoms with Crippen molar-refractivity contribution in [3.63, 3.8) is 0 Å². The monoisotopic (exact) mass is 488 g/mol. The van der Waals surface area contributed by atoms with Gasteiger partial charge in [0.1, 0.15) is 6.54 Å². The third-order valence-electron chi connectivity index (χ3n) is 6.22. The summed E-state index contributed by atoms with van der Waals surface area (Å²) < 4.78 is 28.2. The number of aryl methyl sites for hydroxylation is 3. The van der Waals surface area contributed by atoms with Gasteiger partial charge in [-0.3, -0.25) is 9.10 Å². The molecule has 180 valence electrons. The summed E-state index contributed by atoms with van der Waals surface area (Å²) in [7, 11) is -3.88. The van der Waals surface area contributed by atoms with Crippen molar-refractivity contribution in [1.82, 2.24) is 5.32 Å². The number of sulfonamides is 1. The van der Waals surface area contributed by atoms with Gasteiger partial charge in [-0.25, -0.2) is 8.42 Å². The normalized spacial score (nSPS) is 14.8. The maximum atomic E-state index is 13.5. The van der Waals surface area contributed by atoms with E-state index in [-0.39, 0.29) is 17.3 Å². The Morgan fingerprint density at radius 2 is 1.70 bits per heavy atom. The molecular formula is C26H36N2O3S2. The highest BCUT2D eigenvalue weighted by Gasteiger charge is 2.27. The predicted molar refractivity (Wildman–Crippen MR) is 139 cm³/mol. The zero-order chi connectivity index (χ0) is 23.8. The SMILES string of the molecule is Cc1ccc(S(=O)(=O)N(CC(=O)NCCCSC2CCCCC2)c2ccc(C)c(C)c2)cc1. The summed E-state index contributed by atoms with van der Waals surface area (Å²) in [6.45, 7) is 6.16. The lowest BCUT2D eigenvalue weighted by molar-refractivity contribution is -0.119. The van der Waals surface area contributed by atoms with Crippen molar-refractivity contribution in [3.8, 4) is 0 Å². The number of amides is 1. The van der Waals surface area contributed by atoms with Crippen molar-refractivity contribution >= 4 is 33.4 Å². The first kappa shape index (κ1) is 25.6. The van der Waals surface area contributed by atoms with Gasteiger partial charge in [0.2, 0.25) is 5.91 Å². The van der Waals surface area contributed by atoms with Crippen LogP contribution in [0.2, 0.25) is 0 Å². The van der Waals surface area contributed by atoms with E-state index >= 15 is 0 Å². The molecule has 0 aliphatic heterocycles. The molecule has 7 heteroatoms. The predicted octanol–water partition coefficient (Wildman–Crippen LogP) is 5.38. The van der Waals surface area contributed by atoms with Crippen LogP contribution in [-0.2, 0) is 14.8 Å². The van der Waals surface area contributed by atoms with Gasteiger partial charge in [-0.05, 0) is 81.2 Å². The third-order valence-corrected chi connectivity index (χ3v) is 9.48. The number of thioether (sulfide) groups is 1. The molecule has 1 amide bonds. The van der Waals surface area contributed by atoms with Crippen LogP contribution in [-0.4, -0.2) is 38.4 Å². The van der Waals surface area contributed by atoms with Crippen molar-refractivity contribution in [2.75, 3.05) is 23.1 Å². The fourth-order valence-corrected chi connectivity index (χ4v) is 6.73. The summed E-state index contributed by atoms with van der Waals surface area (Å²) in [6.07, 6.45) is 7.52. The second-order valence-corrected chi connectivity index (χ2v) is 12.2. The maximum absolute atomic E-state index is 13.5. The average molecular weight is 489 g/mol. The molecular weight excluding hydrogens is 452 g/mol. The molecule has 0 atom stereocenters. The van der Waals surface area contributed by atoms with E-state index in [2.05, 4.69) is 5.32 Å². The van der Waals surface area contributed by atoms with Crippen LogP contribution in [0.3, 0.4) is 0 Å². The number of anilines is 1. The molecule has 1 aliphatic rings. The first-order valence-corrected chi connectivity index (χ1v) is 14.3. The van der Waals surface area contributed by atoms with Gasteiger partial charge >= 0.3 is 0 Å². The van der Waals surface area contributed by atoms with E-state index in [0.717, 1.165) is 34.1 Å². The van der Waals surface area contributed by atoms with E-state index in [1.807, 2.05) is 44.7 Å². The number of rotatable bonds is 10. The molecule has 2 aromatic carbocycles. The van der Waals surface area contributed by atoms with Crippen LogP contribution in [0, 0.1) is 20.8 Å². The molecule has 0 unspecified atom stereocenters. The second-order valence-electron chi connectivity index (χ2n) is 8.93. The lowest BCUT2D eigenvalue weighted by Gasteiger charge is -2.25. The third kappa shape index (κ3) is 7.24. The molecule has 1 aliphatic carbocycles. The molecule has 1 N–H and O–H groups in total. The first-order valence-electron chi connectivity index (χ1n) is 11.8. The molecule has 0 heterocycles. The number of hydrogen-bond donors (Lipinski definition) is 1. The van der Waals surface area contributed by atoms with Gasteiger partial charge in [-0.2, -0.15) is 11.8 Å². The van der Waals surface area contributed by atoms with Crippen LogP contribution < -0.4 is 9.62 Å². The number of carbonyl (C=O) groups is 1. The Kier molecular flexibility index (Phi) is 9.27. The minimum absolute atomic E-state index is 0.183. The van der Waals surface area contributed by atoms with Gasteiger partial charge in [0.25, 0.3) is 10.0 Å². The fourth-order valence-electron chi connectivity index (χ4n) is 4.00. The number of benzene rings is 2. The quantitative estimate of drug-likeness (QED) is 0.456. The van der Waals surface area contributed by atoms with Crippen molar-refractivity contribution < 1.29 is 13.2 Å². The van der Waals surface area contributed by atoms with E-state index < -0.39 is 10.0 Å². The van der Waals surface area contributed by atoms with E-state index in [1.54, 1.807) is 30.3 Å². The molecule has 3 rings (SSSR count). The van der Waals surface area contributed by atoms with Crippen molar-refractivity contribution in [2.45, 2.75) is 69.4 Å². The van der Waals surface area contributed by atoms with Crippen molar-refractivity contribution in [2.24, 2.45) is 0 Å². The van der Waals surface area contributed by atoms with Crippen molar-refractivity contribution in [1.29, 1.82) is 0 Å². The van der Waals surface area contributed by atoms with Crippen LogP contribution in [0.5, 0.6) is 0 Å². The second kappa shape index (κ2) is 11.9. The Labute approximate surface area is 203 Å². The lowest BCUT2D eigenvalue weighted by atomic mass is 10.0. The highest BCUT2D eigenvalue weighted by atomic mass is 32.2. The molecule has 1 saturated carbocycles. The lowest BCUT2D eigenvalue weighted by Crippen LogP contribution is -2.41. The Morgan fingerprint density at radius 3 is 2.36 bits per heavy atom. The molecule has 33 heavy (non-hydrogen) atoms. The van der Waals surface area contributed by atoms with Gasteiger partial charge in [0.05, 0.1) is 10.6 Å². The van der Waals surface area contributed by atoms with Gasteiger partial charge in [-0.1, -0.05) is 43.0 Å². The summed E-state index contributed by atoms with van der Waals surface area (Å²) in [5.41, 5.74) is 3.54. The summed E-state index contributed by atoms with van der Waals surface area (Å²) in [5, 5.41) is 3.68. The molecule has 1 fully saturated rings. The molecule has 0 aromatic heterocycles. The Bertz CT molecular complexity index is 1030. The Balaban J connectivity index is 1.65. The summed E-state index contributed by atoms with van der Waals surface area (Å²) in [4.78, 5) is 12.9. The zero-order valence-electron chi connectivity index (χ0n) is 20.0. The van der Waals surface area contributed by atoms with E-state index in [1.165, 1.54) is 36.4 Å². The minimum atomic E-state index is -3.88. The molecule has 0 saturated heterocycles. The molecule has 0 spiro atoms. The van der Waals surface area contributed by atoms with Crippen LogP contribution in [0.15, 0.2) is 47.4 Å². The number of carbonyl (C=O) groups excluding carboxylic acids is 1. The van der Waals surface area contributed by atoms with Gasteiger partial charge < -0.3 is 5.32 Å². The van der Waals surface area contributed by atoms with Gasteiger partial charge in [0.15, 0.2) is 0 Å². The van der Waals surface area contributed by atoms with Crippen molar-refractivity contribution in [3.05, 3.63) is 59.2 Å². The van der Waals surface area contributed by atoms with Gasteiger partial charge in [0, 0.05) is 11.8 Å². The van der Waals surface area contributed by atoms with E-state index in [4.69, 9.17) is 0 Å². The smallest absolute Gasteiger partial charge is 0.264 e. The largest absolute Gasteiger partial charge is 0.354 e. The van der Waals surface area contributed by atoms with E-state index in [9.17, 15) is 13.2 Å². The molecule has 0 radical (unpaired) electrons. The number of hydrogen-bond acceptors (Lipinski definition) is 4. The Morgan fingerprint density at radius 1 is 1.00 bits per heavy atom. The molecule has 5 nitrogen and oxygen atoms in total. The average Bonchev–Trinajstić information content (AvgIpc) is 2.80. The summed E-state index contributed by atoms with van der Waals surface area (Å²) in [6, 6.07) is 12.2. The van der Waals surface area contributed by atoms with Crippen LogP contribution in [0.4, 0.5) is 5.69 Å². The fraction of sp³-hybridized carbons (Fsp3) is 0.500. The van der Waals surface area contributed by atoms with Crippen LogP contribution in [0.25, 0.3) is 0 Å². The molecule has 2 aromatic rings. The summed E-state index contributed by atoms with van der Waals surface area (Å²) >= 11 is 2.01. The number of nitrogens with zero attached hydrogens (tertiary/aromatic N) is 1. The standard InChI is InChI=1S/C26H36N2O3S2/c1-20-10-14-25(15-11-20)33(30,31)28(23-13-12-21(2)22(3)18-23)19-26(29)27-16-7-17-32-24-8-5-4-6-9-24/h10-15,18,24H,4-9,16-17,19H2,1-3H3,(H,27,29). The first-order chi connectivity index (χ1) is 15.8.